The van der Waals surface area contributed by atoms with Gasteiger partial charge in [0.15, 0.2) is 0 Å². The SMILES string of the molecule is CCNCCC(=O)NC1CCCC(C)CC1. The lowest BCUT2D eigenvalue weighted by atomic mass is 10.0. The molecule has 94 valence electrons. The highest BCUT2D eigenvalue weighted by atomic mass is 16.1. The Morgan fingerprint density at radius 1 is 1.25 bits per heavy atom. The molecule has 1 amide bonds. The molecule has 0 bridgehead atoms. The van der Waals surface area contributed by atoms with E-state index in [1.54, 1.807) is 0 Å². The molecular formula is C13H26N2O. The Labute approximate surface area is 99.4 Å². The van der Waals surface area contributed by atoms with Crippen LogP contribution in [0, 0.1) is 5.92 Å². The molecule has 0 heterocycles. The number of carbonyl (C=O) groups excluding carboxylic acids is 1. The largest absolute Gasteiger partial charge is 0.353 e. The Morgan fingerprint density at radius 3 is 2.81 bits per heavy atom. The number of hydrogen-bond donors (Lipinski definition) is 2. The molecule has 16 heavy (non-hydrogen) atoms. The van der Waals surface area contributed by atoms with Crippen LogP contribution in [-0.4, -0.2) is 25.0 Å². The minimum atomic E-state index is 0.209. The molecule has 0 spiro atoms. The minimum absolute atomic E-state index is 0.209. The quantitative estimate of drug-likeness (QED) is 0.556. The third kappa shape index (κ3) is 5.50. The van der Waals surface area contributed by atoms with E-state index in [-0.39, 0.29) is 5.91 Å². The summed E-state index contributed by atoms with van der Waals surface area (Å²) in [6.07, 6.45) is 6.78. The lowest BCUT2D eigenvalue weighted by Crippen LogP contribution is -2.36. The molecule has 2 N–H and O–H groups in total. The number of hydrogen-bond acceptors (Lipinski definition) is 2. The van der Waals surface area contributed by atoms with E-state index in [1.807, 2.05) is 0 Å². The Bertz CT molecular complexity index is 206. The van der Waals surface area contributed by atoms with Crippen LogP contribution in [0.3, 0.4) is 0 Å². The van der Waals surface area contributed by atoms with E-state index in [2.05, 4.69) is 24.5 Å². The van der Waals surface area contributed by atoms with Gasteiger partial charge < -0.3 is 10.6 Å². The summed E-state index contributed by atoms with van der Waals surface area (Å²) in [5.74, 6) is 1.05. The van der Waals surface area contributed by atoms with Crippen molar-refractivity contribution in [2.24, 2.45) is 5.92 Å². The monoisotopic (exact) mass is 226 g/mol. The zero-order valence-electron chi connectivity index (χ0n) is 10.7. The fraction of sp³-hybridized carbons (Fsp3) is 0.923. The summed E-state index contributed by atoms with van der Waals surface area (Å²) in [6, 6.07) is 0.430. The van der Waals surface area contributed by atoms with Gasteiger partial charge in [-0.3, -0.25) is 4.79 Å². The highest BCUT2D eigenvalue weighted by Gasteiger charge is 2.17. The maximum atomic E-state index is 11.6. The van der Waals surface area contributed by atoms with E-state index in [0.29, 0.717) is 12.5 Å². The first kappa shape index (κ1) is 13.5. The average Bonchev–Trinajstić information content (AvgIpc) is 2.44. The molecule has 0 aromatic heterocycles. The van der Waals surface area contributed by atoms with Crippen molar-refractivity contribution in [3.63, 3.8) is 0 Å². The van der Waals surface area contributed by atoms with Crippen LogP contribution in [0.15, 0.2) is 0 Å². The van der Waals surface area contributed by atoms with Crippen molar-refractivity contribution >= 4 is 5.91 Å². The molecule has 3 nitrogen and oxygen atoms in total. The van der Waals surface area contributed by atoms with Crippen molar-refractivity contribution in [2.75, 3.05) is 13.1 Å². The van der Waals surface area contributed by atoms with Crippen molar-refractivity contribution < 1.29 is 4.79 Å². The van der Waals surface area contributed by atoms with E-state index in [0.717, 1.165) is 31.8 Å². The van der Waals surface area contributed by atoms with Crippen LogP contribution in [0.1, 0.15) is 52.4 Å². The predicted molar refractivity (Wildman–Crippen MR) is 67.3 cm³/mol. The van der Waals surface area contributed by atoms with Gasteiger partial charge in [0, 0.05) is 19.0 Å². The van der Waals surface area contributed by atoms with Gasteiger partial charge in [0.2, 0.25) is 5.91 Å². The molecule has 2 atom stereocenters. The number of carbonyl (C=O) groups is 1. The summed E-state index contributed by atoms with van der Waals surface area (Å²) in [5, 5.41) is 6.33. The molecule has 3 heteroatoms. The Kier molecular flexibility index (Phi) is 6.46. The van der Waals surface area contributed by atoms with Crippen LogP contribution in [0.25, 0.3) is 0 Å². The summed E-state index contributed by atoms with van der Waals surface area (Å²) >= 11 is 0. The van der Waals surface area contributed by atoms with Crippen molar-refractivity contribution in [3.05, 3.63) is 0 Å². The molecule has 1 saturated carbocycles. The van der Waals surface area contributed by atoms with Crippen molar-refractivity contribution in [2.45, 2.75) is 58.4 Å². The highest BCUT2D eigenvalue weighted by molar-refractivity contribution is 5.76. The van der Waals surface area contributed by atoms with Crippen LogP contribution in [0.4, 0.5) is 0 Å². The number of rotatable bonds is 5. The van der Waals surface area contributed by atoms with Crippen LogP contribution in [0.2, 0.25) is 0 Å². The van der Waals surface area contributed by atoms with Crippen LogP contribution < -0.4 is 10.6 Å². The van der Waals surface area contributed by atoms with Gasteiger partial charge in [-0.15, -0.1) is 0 Å². The van der Waals surface area contributed by atoms with Gasteiger partial charge in [-0.2, -0.15) is 0 Å². The van der Waals surface area contributed by atoms with Crippen LogP contribution in [-0.2, 0) is 4.79 Å². The second-order valence-corrected chi connectivity index (χ2v) is 4.98. The molecule has 1 aliphatic carbocycles. The van der Waals surface area contributed by atoms with Gasteiger partial charge in [-0.05, 0) is 31.7 Å². The third-order valence-corrected chi connectivity index (χ3v) is 3.40. The summed E-state index contributed by atoms with van der Waals surface area (Å²) in [6.45, 7) is 6.11. The standard InChI is InChI=1S/C13H26N2O/c1-3-14-10-9-13(16)15-12-6-4-5-11(2)7-8-12/h11-12,14H,3-10H2,1-2H3,(H,15,16). The van der Waals surface area contributed by atoms with E-state index < -0.39 is 0 Å². The maximum absolute atomic E-state index is 11.6. The molecule has 0 saturated heterocycles. The van der Waals surface area contributed by atoms with E-state index in [4.69, 9.17) is 0 Å². The van der Waals surface area contributed by atoms with Gasteiger partial charge in [-0.25, -0.2) is 0 Å². The topological polar surface area (TPSA) is 41.1 Å². The summed E-state index contributed by atoms with van der Waals surface area (Å²) < 4.78 is 0. The first-order chi connectivity index (χ1) is 7.72. The molecule has 1 fully saturated rings. The first-order valence-electron chi connectivity index (χ1n) is 6.72. The molecule has 2 unspecified atom stereocenters. The second kappa shape index (κ2) is 7.66. The normalized spacial score (nSPS) is 26.1. The highest BCUT2D eigenvalue weighted by Crippen LogP contribution is 2.22. The first-order valence-corrected chi connectivity index (χ1v) is 6.72. The van der Waals surface area contributed by atoms with Gasteiger partial charge in [0.05, 0.1) is 0 Å². The maximum Gasteiger partial charge on any atom is 0.221 e. The summed E-state index contributed by atoms with van der Waals surface area (Å²) in [7, 11) is 0. The van der Waals surface area contributed by atoms with Crippen LogP contribution >= 0.6 is 0 Å². The molecule has 0 aromatic carbocycles. The van der Waals surface area contributed by atoms with Crippen molar-refractivity contribution in [1.82, 2.24) is 10.6 Å². The summed E-state index contributed by atoms with van der Waals surface area (Å²) in [4.78, 5) is 11.6. The molecule has 0 radical (unpaired) electrons. The van der Waals surface area contributed by atoms with Gasteiger partial charge >= 0.3 is 0 Å². The minimum Gasteiger partial charge on any atom is -0.353 e. The Morgan fingerprint density at radius 2 is 2.06 bits per heavy atom. The lowest BCUT2D eigenvalue weighted by Gasteiger charge is -2.16. The number of amides is 1. The zero-order valence-corrected chi connectivity index (χ0v) is 10.7. The fourth-order valence-electron chi connectivity index (χ4n) is 2.31. The number of nitrogens with one attached hydrogen (secondary N) is 2. The third-order valence-electron chi connectivity index (χ3n) is 3.40. The van der Waals surface area contributed by atoms with Gasteiger partial charge in [-0.1, -0.05) is 26.7 Å². The second-order valence-electron chi connectivity index (χ2n) is 4.98. The smallest absolute Gasteiger partial charge is 0.221 e. The summed E-state index contributed by atoms with van der Waals surface area (Å²) in [5.41, 5.74) is 0. The van der Waals surface area contributed by atoms with Gasteiger partial charge in [0.1, 0.15) is 0 Å². The Hall–Kier alpha value is -0.570. The van der Waals surface area contributed by atoms with Crippen molar-refractivity contribution in [1.29, 1.82) is 0 Å². The fourth-order valence-corrected chi connectivity index (χ4v) is 2.31. The molecular weight excluding hydrogens is 200 g/mol. The molecule has 1 rings (SSSR count). The van der Waals surface area contributed by atoms with Crippen molar-refractivity contribution in [3.8, 4) is 0 Å². The zero-order chi connectivity index (χ0) is 11.8. The Balaban J connectivity index is 2.17. The van der Waals surface area contributed by atoms with E-state index >= 15 is 0 Å². The van der Waals surface area contributed by atoms with Crippen LogP contribution in [0.5, 0.6) is 0 Å². The lowest BCUT2D eigenvalue weighted by molar-refractivity contribution is -0.121. The molecule has 0 aromatic rings. The predicted octanol–water partition coefficient (Wildman–Crippen LogP) is 2.07. The molecule has 1 aliphatic rings. The molecule has 0 aliphatic heterocycles. The van der Waals surface area contributed by atoms with E-state index in [9.17, 15) is 4.79 Å². The van der Waals surface area contributed by atoms with E-state index in [1.165, 1.54) is 19.3 Å². The van der Waals surface area contributed by atoms with Gasteiger partial charge in [0.25, 0.3) is 0 Å². The average molecular weight is 226 g/mol.